The molecule has 0 saturated heterocycles. The van der Waals surface area contributed by atoms with Crippen molar-refractivity contribution in [1.29, 1.82) is 0 Å². The van der Waals surface area contributed by atoms with Crippen molar-refractivity contribution >= 4 is 0 Å². The Morgan fingerprint density at radius 2 is 1.51 bits per heavy atom. The van der Waals surface area contributed by atoms with Crippen LogP contribution in [0.25, 0.3) is 0 Å². The highest BCUT2D eigenvalue weighted by Gasteiger charge is 2.79. The van der Waals surface area contributed by atoms with E-state index in [4.69, 9.17) is 0 Å². The molecule has 35 heavy (non-hydrogen) atoms. The molecular formula is C22H30O13. The Morgan fingerprint density at radius 1 is 0.914 bits per heavy atom. The monoisotopic (exact) mass is 502 g/mol. The maximum atomic E-state index is 11.6. The number of hydrogen-bond acceptors (Lipinski definition) is 13. The lowest BCUT2D eigenvalue weighted by molar-refractivity contribution is -0.378. The molecule has 13 nitrogen and oxygen atoms in total. The largest absolute Gasteiger partial charge is 0.512 e. The van der Waals surface area contributed by atoms with Gasteiger partial charge in [0.05, 0.1) is 29.8 Å². The number of aliphatic hydroxyl groups is 12. The zero-order chi connectivity index (χ0) is 26.4. The van der Waals surface area contributed by atoms with E-state index >= 15 is 0 Å². The molecule has 1 fully saturated rings. The molecule has 13 N–H and O–H groups in total. The van der Waals surface area contributed by atoms with E-state index in [1.165, 1.54) is 13.0 Å². The Kier molecular flexibility index (Phi) is 6.03. The molecule has 0 heterocycles. The van der Waals surface area contributed by atoms with Crippen molar-refractivity contribution in [3.63, 3.8) is 0 Å². The van der Waals surface area contributed by atoms with Crippen molar-refractivity contribution < 1.29 is 66.4 Å². The molecule has 3 aliphatic carbocycles. The minimum atomic E-state index is -3.31. The molecule has 3 aliphatic rings. The van der Waals surface area contributed by atoms with Gasteiger partial charge in [-0.3, -0.25) is 0 Å². The minimum absolute atomic E-state index is 0.125. The molecule has 0 radical (unpaired) electrons. The first-order valence-electron chi connectivity index (χ1n) is 10.9. The van der Waals surface area contributed by atoms with Crippen molar-refractivity contribution in [3.8, 4) is 5.75 Å². The fraction of sp³-hybridized carbons (Fsp3) is 0.636. The van der Waals surface area contributed by atoms with Crippen LogP contribution in [0.4, 0.5) is 0 Å². The van der Waals surface area contributed by atoms with Gasteiger partial charge in [0, 0.05) is 12.0 Å². The third-order valence-corrected chi connectivity index (χ3v) is 7.89. The van der Waals surface area contributed by atoms with Crippen molar-refractivity contribution in [1.82, 2.24) is 0 Å². The Hall–Kier alpha value is -1.88. The molecule has 10 atom stereocenters. The van der Waals surface area contributed by atoms with Gasteiger partial charge in [-0.15, -0.1) is 0 Å². The summed E-state index contributed by atoms with van der Waals surface area (Å²) in [5.74, 6) is -3.82. The van der Waals surface area contributed by atoms with E-state index in [1.54, 1.807) is 0 Å². The predicted octanol–water partition coefficient (Wildman–Crippen LogP) is -4.17. The van der Waals surface area contributed by atoms with E-state index < -0.39 is 94.7 Å². The van der Waals surface area contributed by atoms with Gasteiger partial charge in [0.15, 0.2) is 11.9 Å². The van der Waals surface area contributed by atoms with Crippen LogP contribution in [0.2, 0.25) is 0 Å². The average Bonchev–Trinajstić information content (AvgIpc) is 2.75. The molecule has 0 spiro atoms. The number of benzene rings is 1. The summed E-state index contributed by atoms with van der Waals surface area (Å²) >= 11 is 0. The third kappa shape index (κ3) is 3.09. The average molecular weight is 502 g/mol. The van der Waals surface area contributed by atoms with E-state index in [0.717, 1.165) is 6.07 Å². The molecule has 0 bridgehead atoms. The Morgan fingerprint density at radius 3 is 2.06 bits per heavy atom. The van der Waals surface area contributed by atoms with Gasteiger partial charge in [-0.1, -0.05) is 6.07 Å². The van der Waals surface area contributed by atoms with Crippen molar-refractivity contribution in [2.24, 2.45) is 5.92 Å². The number of fused-ring (bicyclic) bond motifs is 3. The SMILES string of the molecule is CC(O)Cc1ccc(O)c2c1C(O)C1(O)C(C2O)C(O)C2(O)C(O)C(C(O)O)=C(O)CC2(O)C1O. The lowest BCUT2D eigenvalue weighted by Gasteiger charge is -2.65. The van der Waals surface area contributed by atoms with Gasteiger partial charge < -0.3 is 66.4 Å². The molecule has 13 heteroatoms. The molecule has 0 aromatic heterocycles. The number of phenolic OH excluding ortho intramolecular Hbond substituents is 1. The predicted molar refractivity (Wildman–Crippen MR) is 112 cm³/mol. The summed E-state index contributed by atoms with van der Waals surface area (Å²) in [5, 5.41) is 139. The van der Waals surface area contributed by atoms with Gasteiger partial charge in [0.25, 0.3) is 0 Å². The summed E-state index contributed by atoms with van der Waals surface area (Å²) in [6, 6.07) is 2.43. The molecule has 1 saturated carbocycles. The topological polar surface area (TPSA) is 263 Å². The first-order valence-corrected chi connectivity index (χ1v) is 10.9. The quantitative estimate of drug-likeness (QED) is 0.175. The summed E-state index contributed by atoms with van der Waals surface area (Å²) in [7, 11) is 0. The van der Waals surface area contributed by atoms with Gasteiger partial charge >= 0.3 is 0 Å². The normalized spacial score (nSPS) is 44.0. The highest BCUT2D eigenvalue weighted by atomic mass is 16.5. The van der Waals surface area contributed by atoms with Gasteiger partial charge in [-0.05, 0) is 30.5 Å². The van der Waals surface area contributed by atoms with Gasteiger partial charge in [0.1, 0.15) is 41.0 Å². The summed E-state index contributed by atoms with van der Waals surface area (Å²) in [4.78, 5) is 0. The van der Waals surface area contributed by atoms with Gasteiger partial charge in [-0.2, -0.15) is 0 Å². The second-order valence-corrected chi connectivity index (χ2v) is 9.84. The molecule has 10 unspecified atom stereocenters. The Labute approximate surface area is 198 Å². The maximum Gasteiger partial charge on any atom is 0.180 e. The van der Waals surface area contributed by atoms with E-state index in [-0.39, 0.29) is 17.5 Å². The zero-order valence-corrected chi connectivity index (χ0v) is 18.5. The molecule has 0 aliphatic heterocycles. The molecular weight excluding hydrogens is 472 g/mol. The second-order valence-electron chi connectivity index (χ2n) is 9.84. The van der Waals surface area contributed by atoms with Crippen LogP contribution < -0.4 is 0 Å². The smallest absolute Gasteiger partial charge is 0.180 e. The van der Waals surface area contributed by atoms with Crippen LogP contribution in [-0.2, 0) is 6.42 Å². The van der Waals surface area contributed by atoms with E-state index in [0.29, 0.717) is 0 Å². The lowest BCUT2D eigenvalue weighted by Crippen LogP contribution is -2.86. The first-order chi connectivity index (χ1) is 16.1. The van der Waals surface area contributed by atoms with Crippen LogP contribution in [0.3, 0.4) is 0 Å². The highest BCUT2D eigenvalue weighted by molar-refractivity contribution is 5.53. The number of hydrogen-bond donors (Lipinski definition) is 13. The standard InChI is InChI=1S/C22H30O13/c1-6(23)4-7-2-3-8(24)11-10(7)15(27)21(34)13(14(11)26)17(29)22(35)16(28)12(18(30)31)9(25)5-20(22,33)19(21)32/h2-3,6,13-19,23-35H,4-5H2,1H3. The summed E-state index contributed by atoms with van der Waals surface area (Å²) in [6.07, 6.45) is -17.0. The summed E-state index contributed by atoms with van der Waals surface area (Å²) in [5.41, 5.74) is -11.1. The van der Waals surface area contributed by atoms with Crippen molar-refractivity contribution in [2.75, 3.05) is 0 Å². The zero-order valence-electron chi connectivity index (χ0n) is 18.5. The van der Waals surface area contributed by atoms with Crippen LogP contribution in [0.15, 0.2) is 23.5 Å². The Bertz CT molecular complexity index is 1060. The molecule has 1 aromatic rings. The first kappa shape index (κ1) is 26.2. The minimum Gasteiger partial charge on any atom is -0.512 e. The second kappa shape index (κ2) is 8.06. The molecule has 0 amide bonds. The van der Waals surface area contributed by atoms with Crippen LogP contribution in [0, 0.1) is 5.92 Å². The van der Waals surface area contributed by atoms with Crippen LogP contribution in [0.1, 0.15) is 42.2 Å². The molecule has 4 rings (SSSR count). The van der Waals surface area contributed by atoms with Crippen LogP contribution >= 0.6 is 0 Å². The van der Waals surface area contributed by atoms with Crippen molar-refractivity contribution in [2.45, 2.75) is 79.5 Å². The lowest BCUT2D eigenvalue weighted by atomic mass is 9.48. The van der Waals surface area contributed by atoms with Gasteiger partial charge in [-0.25, -0.2) is 0 Å². The Balaban J connectivity index is 1.99. The van der Waals surface area contributed by atoms with Gasteiger partial charge in [0.2, 0.25) is 0 Å². The summed E-state index contributed by atoms with van der Waals surface area (Å²) < 4.78 is 0. The maximum absolute atomic E-state index is 11.6. The number of rotatable bonds is 3. The van der Waals surface area contributed by atoms with E-state index in [9.17, 15) is 66.4 Å². The fourth-order valence-corrected chi connectivity index (χ4v) is 6.21. The highest BCUT2D eigenvalue weighted by Crippen LogP contribution is 2.62. The number of aliphatic hydroxyl groups excluding tert-OH is 8. The fourth-order valence-electron chi connectivity index (χ4n) is 6.21. The molecule has 196 valence electrons. The number of phenols is 1. The molecule has 1 aromatic carbocycles. The van der Waals surface area contributed by atoms with Crippen LogP contribution in [-0.4, -0.2) is 114 Å². The van der Waals surface area contributed by atoms with Crippen molar-refractivity contribution in [3.05, 3.63) is 40.2 Å². The third-order valence-electron chi connectivity index (χ3n) is 7.89. The van der Waals surface area contributed by atoms with E-state index in [2.05, 4.69) is 0 Å². The number of aromatic hydroxyl groups is 1. The van der Waals surface area contributed by atoms with E-state index in [1.807, 2.05) is 0 Å². The summed E-state index contributed by atoms with van der Waals surface area (Å²) in [6.45, 7) is 1.41. The van der Waals surface area contributed by atoms with Crippen LogP contribution in [0.5, 0.6) is 5.75 Å².